The average Bonchev–Trinajstić information content (AvgIpc) is 2.26. The monoisotopic (exact) mass is 287 g/mol. The Morgan fingerprint density at radius 2 is 1.60 bits per heavy atom. The van der Waals surface area contributed by atoms with Crippen LogP contribution in [0.25, 0.3) is 0 Å². The van der Waals surface area contributed by atoms with Crippen molar-refractivity contribution >= 4 is 17.9 Å². The SMILES string of the molecule is CC(C)NC(=O)C(C)NC(=O)N(CCC(=O)O)C(C)C. The molecule has 7 heteroatoms. The van der Waals surface area contributed by atoms with E-state index >= 15 is 0 Å². The van der Waals surface area contributed by atoms with Crippen LogP contribution in [0.3, 0.4) is 0 Å². The van der Waals surface area contributed by atoms with Crippen molar-refractivity contribution in [1.82, 2.24) is 15.5 Å². The summed E-state index contributed by atoms with van der Waals surface area (Å²) in [7, 11) is 0. The molecule has 20 heavy (non-hydrogen) atoms. The molecular weight excluding hydrogens is 262 g/mol. The van der Waals surface area contributed by atoms with Crippen molar-refractivity contribution in [3.8, 4) is 0 Å². The van der Waals surface area contributed by atoms with Gasteiger partial charge in [0.25, 0.3) is 0 Å². The average molecular weight is 287 g/mol. The standard InChI is InChI=1S/C13H25N3O4/c1-8(2)14-12(19)10(5)15-13(20)16(9(3)4)7-6-11(17)18/h8-10H,6-7H2,1-5H3,(H,14,19)(H,15,20)(H,17,18). The molecule has 0 bridgehead atoms. The molecule has 0 fully saturated rings. The Morgan fingerprint density at radius 1 is 1.05 bits per heavy atom. The van der Waals surface area contributed by atoms with E-state index in [1.807, 2.05) is 13.8 Å². The Balaban J connectivity index is 4.52. The maximum absolute atomic E-state index is 12.0. The smallest absolute Gasteiger partial charge is 0.318 e. The number of carbonyl (C=O) groups is 3. The summed E-state index contributed by atoms with van der Waals surface area (Å²) in [5.41, 5.74) is 0. The largest absolute Gasteiger partial charge is 0.481 e. The van der Waals surface area contributed by atoms with Gasteiger partial charge in [0, 0.05) is 18.6 Å². The van der Waals surface area contributed by atoms with E-state index < -0.39 is 18.0 Å². The van der Waals surface area contributed by atoms with Gasteiger partial charge in [-0.1, -0.05) is 0 Å². The number of nitrogens with one attached hydrogen (secondary N) is 2. The lowest BCUT2D eigenvalue weighted by Gasteiger charge is -2.28. The number of amides is 3. The summed E-state index contributed by atoms with van der Waals surface area (Å²) in [6.07, 6.45) is -0.127. The van der Waals surface area contributed by atoms with Gasteiger partial charge >= 0.3 is 12.0 Å². The minimum Gasteiger partial charge on any atom is -0.481 e. The van der Waals surface area contributed by atoms with E-state index in [2.05, 4.69) is 10.6 Å². The van der Waals surface area contributed by atoms with Crippen LogP contribution in [0.1, 0.15) is 41.0 Å². The molecular formula is C13H25N3O4. The van der Waals surface area contributed by atoms with Crippen LogP contribution in [0.2, 0.25) is 0 Å². The fourth-order valence-electron chi connectivity index (χ4n) is 1.55. The van der Waals surface area contributed by atoms with Crippen LogP contribution in [0.15, 0.2) is 0 Å². The number of carbonyl (C=O) groups excluding carboxylic acids is 2. The summed E-state index contributed by atoms with van der Waals surface area (Å²) in [6.45, 7) is 8.95. The van der Waals surface area contributed by atoms with Crippen LogP contribution >= 0.6 is 0 Å². The van der Waals surface area contributed by atoms with Gasteiger partial charge in [0.2, 0.25) is 5.91 Å². The molecule has 0 spiro atoms. The van der Waals surface area contributed by atoms with Crippen molar-refractivity contribution in [2.24, 2.45) is 0 Å². The molecule has 0 aromatic rings. The van der Waals surface area contributed by atoms with E-state index in [-0.39, 0.29) is 31.0 Å². The van der Waals surface area contributed by atoms with Gasteiger partial charge in [0.05, 0.1) is 6.42 Å². The van der Waals surface area contributed by atoms with Crippen molar-refractivity contribution < 1.29 is 19.5 Å². The predicted octanol–water partition coefficient (Wildman–Crippen LogP) is 0.794. The lowest BCUT2D eigenvalue weighted by atomic mass is 10.2. The molecule has 0 saturated heterocycles. The first kappa shape index (κ1) is 18.2. The molecule has 0 aliphatic rings. The summed E-state index contributed by atoms with van der Waals surface area (Å²) < 4.78 is 0. The summed E-state index contributed by atoms with van der Waals surface area (Å²) in [5, 5.41) is 13.9. The van der Waals surface area contributed by atoms with Gasteiger partial charge in [0.1, 0.15) is 6.04 Å². The van der Waals surface area contributed by atoms with Crippen LogP contribution in [-0.4, -0.2) is 52.6 Å². The highest BCUT2D eigenvalue weighted by molar-refractivity contribution is 5.87. The van der Waals surface area contributed by atoms with Crippen LogP contribution in [0.5, 0.6) is 0 Å². The number of hydrogen-bond acceptors (Lipinski definition) is 3. The predicted molar refractivity (Wildman–Crippen MR) is 75.4 cm³/mol. The zero-order chi connectivity index (χ0) is 15.9. The van der Waals surface area contributed by atoms with E-state index in [1.54, 1.807) is 20.8 Å². The Labute approximate surface area is 119 Å². The van der Waals surface area contributed by atoms with Gasteiger partial charge in [-0.05, 0) is 34.6 Å². The van der Waals surface area contributed by atoms with Gasteiger partial charge < -0.3 is 20.6 Å². The molecule has 1 atom stereocenters. The molecule has 1 unspecified atom stereocenters. The molecule has 3 amide bonds. The summed E-state index contributed by atoms with van der Waals surface area (Å²) in [4.78, 5) is 35.7. The third kappa shape index (κ3) is 6.96. The minimum absolute atomic E-state index is 0.00457. The van der Waals surface area contributed by atoms with Crippen LogP contribution in [0.4, 0.5) is 4.79 Å². The fraction of sp³-hybridized carbons (Fsp3) is 0.769. The number of urea groups is 1. The highest BCUT2D eigenvalue weighted by Gasteiger charge is 2.22. The summed E-state index contributed by atoms with van der Waals surface area (Å²) >= 11 is 0. The highest BCUT2D eigenvalue weighted by Crippen LogP contribution is 2.01. The number of carboxylic acids is 1. The second-order valence-corrected chi connectivity index (χ2v) is 5.27. The summed E-state index contributed by atoms with van der Waals surface area (Å²) in [6, 6.07) is -1.26. The van der Waals surface area contributed by atoms with Crippen molar-refractivity contribution in [2.45, 2.75) is 59.2 Å². The van der Waals surface area contributed by atoms with Gasteiger partial charge in [-0.2, -0.15) is 0 Å². The first-order valence-corrected chi connectivity index (χ1v) is 6.74. The van der Waals surface area contributed by atoms with Crippen molar-refractivity contribution in [3.63, 3.8) is 0 Å². The number of rotatable bonds is 7. The second-order valence-electron chi connectivity index (χ2n) is 5.27. The first-order valence-electron chi connectivity index (χ1n) is 6.74. The molecule has 0 heterocycles. The van der Waals surface area contributed by atoms with Gasteiger partial charge in [-0.25, -0.2) is 4.79 Å². The fourth-order valence-corrected chi connectivity index (χ4v) is 1.55. The maximum atomic E-state index is 12.0. The molecule has 0 aromatic carbocycles. The zero-order valence-electron chi connectivity index (χ0n) is 12.8. The molecule has 0 saturated carbocycles. The topological polar surface area (TPSA) is 98.7 Å². The lowest BCUT2D eigenvalue weighted by molar-refractivity contribution is -0.137. The van der Waals surface area contributed by atoms with Gasteiger partial charge in [0.15, 0.2) is 0 Å². The van der Waals surface area contributed by atoms with Crippen molar-refractivity contribution in [3.05, 3.63) is 0 Å². The quantitative estimate of drug-likeness (QED) is 0.645. The Kier molecular flexibility index (Phi) is 7.64. The maximum Gasteiger partial charge on any atom is 0.318 e. The molecule has 7 nitrogen and oxygen atoms in total. The van der Waals surface area contributed by atoms with E-state index in [0.29, 0.717) is 0 Å². The summed E-state index contributed by atoms with van der Waals surface area (Å²) in [5.74, 6) is -1.23. The molecule has 3 N–H and O–H groups in total. The Bertz CT molecular complexity index is 356. The molecule has 0 aliphatic carbocycles. The Hall–Kier alpha value is -1.79. The molecule has 116 valence electrons. The second kappa shape index (κ2) is 8.39. The first-order chi connectivity index (χ1) is 9.15. The number of carboxylic acid groups (broad SMARTS) is 1. The lowest BCUT2D eigenvalue weighted by Crippen LogP contribution is -2.52. The third-order valence-electron chi connectivity index (χ3n) is 2.61. The zero-order valence-corrected chi connectivity index (χ0v) is 12.8. The molecule has 0 aromatic heterocycles. The third-order valence-corrected chi connectivity index (χ3v) is 2.61. The van der Waals surface area contributed by atoms with Gasteiger partial charge in [-0.3, -0.25) is 9.59 Å². The van der Waals surface area contributed by atoms with Crippen molar-refractivity contribution in [2.75, 3.05) is 6.54 Å². The van der Waals surface area contributed by atoms with E-state index in [9.17, 15) is 14.4 Å². The number of hydrogen-bond donors (Lipinski definition) is 3. The highest BCUT2D eigenvalue weighted by atomic mass is 16.4. The van der Waals surface area contributed by atoms with Crippen LogP contribution in [0, 0.1) is 0 Å². The molecule has 0 radical (unpaired) electrons. The number of nitrogens with zero attached hydrogens (tertiary/aromatic N) is 1. The normalized spacial score (nSPS) is 12.2. The molecule has 0 rings (SSSR count). The Morgan fingerprint density at radius 3 is 2.00 bits per heavy atom. The van der Waals surface area contributed by atoms with Gasteiger partial charge in [-0.15, -0.1) is 0 Å². The number of aliphatic carboxylic acids is 1. The van der Waals surface area contributed by atoms with E-state index in [4.69, 9.17) is 5.11 Å². The van der Waals surface area contributed by atoms with Crippen molar-refractivity contribution in [1.29, 1.82) is 0 Å². The van der Waals surface area contributed by atoms with E-state index in [0.717, 1.165) is 0 Å². The van der Waals surface area contributed by atoms with E-state index in [1.165, 1.54) is 4.90 Å². The minimum atomic E-state index is -0.964. The van der Waals surface area contributed by atoms with Crippen LogP contribution in [-0.2, 0) is 9.59 Å². The van der Waals surface area contributed by atoms with Crippen LogP contribution < -0.4 is 10.6 Å². The molecule has 0 aliphatic heterocycles.